The number of nitrogens with zero attached hydrogens (tertiary/aromatic N) is 3. The maximum absolute atomic E-state index is 12.3. The first-order valence-electron chi connectivity index (χ1n) is 9.47. The van der Waals surface area contributed by atoms with Crippen LogP contribution in [0.3, 0.4) is 0 Å². The Kier molecular flexibility index (Phi) is 5.93. The highest BCUT2D eigenvalue weighted by atomic mass is 32.1. The van der Waals surface area contributed by atoms with Gasteiger partial charge >= 0.3 is 0 Å². The zero-order chi connectivity index (χ0) is 20.4. The first-order valence-corrected chi connectivity index (χ1v) is 10.3. The molecule has 3 aromatic rings. The van der Waals surface area contributed by atoms with Gasteiger partial charge in [0.2, 0.25) is 5.91 Å². The number of nitrogens with two attached hydrogens (primary N) is 1. The van der Waals surface area contributed by atoms with E-state index in [9.17, 15) is 9.59 Å². The van der Waals surface area contributed by atoms with Crippen LogP contribution in [0.2, 0.25) is 0 Å². The number of aromatic nitrogens is 3. The molecule has 1 amide bonds. The molecule has 148 valence electrons. The van der Waals surface area contributed by atoms with E-state index in [0.29, 0.717) is 16.1 Å². The Morgan fingerprint density at radius 3 is 2.57 bits per heavy atom. The fourth-order valence-electron chi connectivity index (χ4n) is 3.44. The molecule has 1 unspecified atom stereocenters. The molecule has 28 heavy (non-hydrogen) atoms. The number of benzene rings is 1. The third-order valence-electron chi connectivity index (χ3n) is 5.37. The molecule has 0 spiro atoms. The van der Waals surface area contributed by atoms with Crippen LogP contribution in [0.25, 0.3) is 10.2 Å². The molecule has 0 aliphatic heterocycles. The molecule has 0 fully saturated rings. The lowest BCUT2D eigenvalue weighted by Crippen LogP contribution is -2.31. The zero-order valence-corrected chi connectivity index (χ0v) is 17.6. The summed E-state index contributed by atoms with van der Waals surface area (Å²) in [5.74, 6) is 0.0508. The van der Waals surface area contributed by atoms with Crippen molar-refractivity contribution in [3.05, 3.63) is 55.7 Å². The minimum atomic E-state index is -0.589. The summed E-state index contributed by atoms with van der Waals surface area (Å²) >= 11 is 1.54. The van der Waals surface area contributed by atoms with Crippen molar-refractivity contribution in [1.29, 1.82) is 0 Å². The Bertz CT molecular complexity index is 1060. The van der Waals surface area contributed by atoms with Crippen LogP contribution in [0.4, 0.5) is 0 Å². The summed E-state index contributed by atoms with van der Waals surface area (Å²) in [6.07, 6.45) is 2.97. The number of hydrogen-bond donors (Lipinski definition) is 1. The summed E-state index contributed by atoms with van der Waals surface area (Å²) in [6, 6.07) is 6.38. The number of aryl methyl sites for hydroxylation is 3. The molecular weight excluding hydrogens is 372 g/mol. The summed E-state index contributed by atoms with van der Waals surface area (Å²) in [5, 5.41) is 8.45. The summed E-state index contributed by atoms with van der Waals surface area (Å²) in [6.45, 7) is 8.43. The van der Waals surface area contributed by atoms with Crippen LogP contribution in [-0.2, 0) is 24.2 Å². The van der Waals surface area contributed by atoms with E-state index in [1.165, 1.54) is 21.6 Å². The number of primary amides is 1. The lowest BCUT2D eigenvalue weighted by molar-refractivity contribution is -0.118. The number of carbonyl (C=O) groups is 1. The minimum absolute atomic E-state index is 0.219. The number of fused-ring (bicyclic) bond motifs is 3. The minimum Gasteiger partial charge on any atom is -0.368 e. The molecular formula is C21H26N4O2S. The molecule has 7 heteroatoms. The standard InChI is InChI=1S/C12H14N4O2S.C9H12/c1-6-2-3-7-8(4-6)19-11-10(7)12(18)16(15-14-11)5-9(13)17;1-7-5-4-6-8(2)9(7)3/h6H,2-5H2,1H3,(H2,13,17);4-6H,1-3H3. The van der Waals surface area contributed by atoms with Crippen LogP contribution in [0.1, 0.15) is 40.5 Å². The monoisotopic (exact) mass is 398 g/mol. The second kappa shape index (κ2) is 8.22. The lowest BCUT2D eigenvalue weighted by atomic mass is 9.89. The van der Waals surface area contributed by atoms with Gasteiger partial charge in [0.05, 0.1) is 5.39 Å². The summed E-state index contributed by atoms with van der Waals surface area (Å²) in [5.41, 5.74) is 10.1. The second-order valence-corrected chi connectivity index (χ2v) is 8.65. The average molecular weight is 399 g/mol. The topological polar surface area (TPSA) is 90.9 Å². The van der Waals surface area contributed by atoms with Crippen LogP contribution in [-0.4, -0.2) is 20.9 Å². The van der Waals surface area contributed by atoms with Crippen LogP contribution in [0.15, 0.2) is 23.0 Å². The van der Waals surface area contributed by atoms with Gasteiger partial charge in [-0.25, -0.2) is 4.68 Å². The average Bonchev–Trinajstić information content (AvgIpc) is 3.00. The van der Waals surface area contributed by atoms with Crippen molar-refractivity contribution in [3.8, 4) is 0 Å². The van der Waals surface area contributed by atoms with E-state index in [1.807, 2.05) is 0 Å². The molecule has 1 aliphatic carbocycles. The number of rotatable bonds is 2. The predicted octanol–water partition coefficient (Wildman–Crippen LogP) is 3.07. The fraction of sp³-hybridized carbons (Fsp3) is 0.429. The fourth-order valence-corrected chi connectivity index (χ4v) is 4.76. The van der Waals surface area contributed by atoms with Gasteiger partial charge < -0.3 is 5.73 Å². The molecule has 1 atom stereocenters. The maximum Gasteiger partial charge on any atom is 0.279 e. The molecule has 1 aromatic carbocycles. The van der Waals surface area contributed by atoms with Crippen LogP contribution in [0, 0.1) is 26.7 Å². The van der Waals surface area contributed by atoms with E-state index < -0.39 is 5.91 Å². The number of carbonyl (C=O) groups excluding carboxylic acids is 1. The molecule has 2 heterocycles. The third-order valence-corrected chi connectivity index (χ3v) is 6.50. The van der Waals surface area contributed by atoms with E-state index in [1.54, 1.807) is 11.3 Å². The molecule has 2 N–H and O–H groups in total. The molecule has 0 bridgehead atoms. The molecule has 6 nitrogen and oxygen atoms in total. The summed E-state index contributed by atoms with van der Waals surface area (Å²) in [4.78, 5) is 25.2. The summed E-state index contributed by atoms with van der Waals surface area (Å²) < 4.78 is 1.05. The van der Waals surface area contributed by atoms with Crippen LogP contribution in [0.5, 0.6) is 0 Å². The van der Waals surface area contributed by atoms with Gasteiger partial charge in [0.15, 0.2) is 4.83 Å². The van der Waals surface area contributed by atoms with Crippen LogP contribution >= 0.6 is 11.3 Å². The SMILES string of the molecule is CC1CCc2c(sc3nnn(CC(N)=O)c(=O)c23)C1.Cc1cccc(C)c1C. The highest BCUT2D eigenvalue weighted by Gasteiger charge is 2.23. The van der Waals surface area contributed by atoms with Crippen molar-refractivity contribution in [2.24, 2.45) is 11.7 Å². The van der Waals surface area contributed by atoms with Gasteiger partial charge in [0, 0.05) is 4.88 Å². The van der Waals surface area contributed by atoms with Gasteiger partial charge in [-0.3, -0.25) is 9.59 Å². The van der Waals surface area contributed by atoms with Gasteiger partial charge in [0.25, 0.3) is 5.56 Å². The van der Waals surface area contributed by atoms with E-state index in [4.69, 9.17) is 5.73 Å². The van der Waals surface area contributed by atoms with Crippen molar-refractivity contribution < 1.29 is 4.79 Å². The van der Waals surface area contributed by atoms with E-state index >= 15 is 0 Å². The smallest absolute Gasteiger partial charge is 0.279 e. The van der Waals surface area contributed by atoms with Gasteiger partial charge in [-0.15, -0.1) is 16.4 Å². The van der Waals surface area contributed by atoms with Crippen molar-refractivity contribution in [3.63, 3.8) is 0 Å². The van der Waals surface area contributed by atoms with Gasteiger partial charge in [-0.2, -0.15) is 0 Å². The van der Waals surface area contributed by atoms with Crippen molar-refractivity contribution in [1.82, 2.24) is 15.0 Å². The molecule has 0 saturated heterocycles. The highest BCUT2D eigenvalue weighted by Crippen LogP contribution is 2.35. The van der Waals surface area contributed by atoms with Crippen molar-refractivity contribution in [2.45, 2.75) is 53.5 Å². The first-order chi connectivity index (χ1) is 13.3. The molecule has 0 radical (unpaired) electrons. The molecule has 0 saturated carbocycles. The number of thiophene rings is 1. The Morgan fingerprint density at radius 2 is 1.96 bits per heavy atom. The van der Waals surface area contributed by atoms with E-state index in [0.717, 1.165) is 29.5 Å². The number of hydrogen-bond acceptors (Lipinski definition) is 5. The number of amides is 1. The largest absolute Gasteiger partial charge is 0.368 e. The van der Waals surface area contributed by atoms with E-state index in [-0.39, 0.29) is 12.1 Å². The van der Waals surface area contributed by atoms with E-state index in [2.05, 4.69) is 56.2 Å². The van der Waals surface area contributed by atoms with Gasteiger partial charge in [-0.1, -0.05) is 30.3 Å². The lowest BCUT2D eigenvalue weighted by Gasteiger charge is -2.17. The second-order valence-electron chi connectivity index (χ2n) is 7.57. The molecule has 1 aliphatic rings. The van der Waals surface area contributed by atoms with Gasteiger partial charge in [0.1, 0.15) is 6.54 Å². The maximum atomic E-state index is 12.3. The Labute approximate surface area is 168 Å². The molecule has 4 rings (SSSR count). The quantitative estimate of drug-likeness (QED) is 0.718. The Morgan fingerprint density at radius 1 is 1.29 bits per heavy atom. The normalized spacial score (nSPS) is 15.6. The molecule has 2 aromatic heterocycles. The Balaban J connectivity index is 0.000000211. The summed E-state index contributed by atoms with van der Waals surface area (Å²) in [7, 11) is 0. The van der Waals surface area contributed by atoms with Crippen molar-refractivity contribution in [2.75, 3.05) is 0 Å². The third kappa shape index (κ3) is 4.14. The van der Waals surface area contributed by atoms with Crippen LogP contribution < -0.4 is 11.3 Å². The highest BCUT2D eigenvalue weighted by molar-refractivity contribution is 7.18. The predicted molar refractivity (Wildman–Crippen MR) is 113 cm³/mol. The van der Waals surface area contributed by atoms with Gasteiger partial charge in [-0.05, 0) is 68.2 Å². The first kappa shape index (κ1) is 20.2. The Hall–Kier alpha value is -2.54. The van der Waals surface area contributed by atoms with Crippen molar-refractivity contribution >= 4 is 27.5 Å². The zero-order valence-electron chi connectivity index (χ0n) is 16.8.